The molecule has 0 aliphatic heterocycles. The van der Waals surface area contributed by atoms with Gasteiger partial charge in [-0.1, -0.05) is 29.8 Å². The van der Waals surface area contributed by atoms with Crippen LogP contribution in [0.15, 0.2) is 24.3 Å². The average Bonchev–Trinajstić information content (AvgIpc) is 2.05. The predicted octanol–water partition coefficient (Wildman–Crippen LogP) is 2.44. The SMILES string of the molecule is Cc1ccc(CC(F)CS(=O)(=O)Cl)cc1. The molecule has 0 aromatic heterocycles. The lowest BCUT2D eigenvalue weighted by Crippen LogP contribution is -2.15. The second kappa shape index (κ2) is 4.94. The summed E-state index contributed by atoms with van der Waals surface area (Å²) in [5.74, 6) is -0.636. The van der Waals surface area contributed by atoms with Gasteiger partial charge in [0.1, 0.15) is 6.17 Å². The number of halogens is 2. The summed E-state index contributed by atoms with van der Waals surface area (Å²) in [6, 6.07) is 7.28. The number of benzene rings is 1. The van der Waals surface area contributed by atoms with Crippen LogP contribution in [-0.4, -0.2) is 20.3 Å². The van der Waals surface area contributed by atoms with Crippen molar-refractivity contribution in [3.05, 3.63) is 35.4 Å². The number of hydrogen-bond acceptors (Lipinski definition) is 2. The van der Waals surface area contributed by atoms with Crippen LogP contribution >= 0.6 is 10.7 Å². The van der Waals surface area contributed by atoms with Gasteiger partial charge >= 0.3 is 0 Å². The third-order valence-electron chi connectivity index (χ3n) is 1.96. The van der Waals surface area contributed by atoms with E-state index >= 15 is 0 Å². The molecule has 0 N–H and O–H groups in total. The van der Waals surface area contributed by atoms with E-state index in [0.29, 0.717) is 0 Å². The number of hydrogen-bond donors (Lipinski definition) is 0. The summed E-state index contributed by atoms with van der Waals surface area (Å²) in [4.78, 5) is 0. The smallest absolute Gasteiger partial charge is 0.235 e. The molecule has 1 aromatic carbocycles. The topological polar surface area (TPSA) is 34.1 Å². The molecule has 5 heteroatoms. The zero-order valence-corrected chi connectivity index (χ0v) is 9.85. The summed E-state index contributed by atoms with van der Waals surface area (Å²) >= 11 is 0. The van der Waals surface area contributed by atoms with Crippen LogP contribution < -0.4 is 0 Å². The molecule has 1 atom stereocenters. The summed E-state index contributed by atoms with van der Waals surface area (Å²) in [6.07, 6.45) is -1.37. The summed E-state index contributed by atoms with van der Waals surface area (Å²) in [6.45, 7) is 1.93. The van der Waals surface area contributed by atoms with E-state index in [2.05, 4.69) is 0 Å². The fourth-order valence-electron chi connectivity index (χ4n) is 1.25. The van der Waals surface area contributed by atoms with Crippen LogP contribution in [0.25, 0.3) is 0 Å². The lowest BCUT2D eigenvalue weighted by molar-refractivity contribution is 0.362. The van der Waals surface area contributed by atoms with Crippen molar-refractivity contribution in [2.75, 3.05) is 5.75 Å². The van der Waals surface area contributed by atoms with Crippen LogP contribution in [0.2, 0.25) is 0 Å². The third kappa shape index (κ3) is 5.14. The van der Waals surface area contributed by atoms with E-state index in [1.165, 1.54) is 0 Å². The molecule has 0 bridgehead atoms. The van der Waals surface area contributed by atoms with Crippen molar-refractivity contribution in [1.29, 1.82) is 0 Å². The molecule has 0 fully saturated rings. The Morgan fingerprint density at radius 3 is 2.33 bits per heavy atom. The Labute approximate surface area is 93.5 Å². The molecule has 0 saturated carbocycles. The van der Waals surface area contributed by atoms with Gasteiger partial charge in [0.25, 0.3) is 0 Å². The molecular weight excluding hydrogens is 239 g/mol. The minimum absolute atomic E-state index is 0.0756. The monoisotopic (exact) mass is 250 g/mol. The van der Waals surface area contributed by atoms with Crippen molar-refractivity contribution in [3.8, 4) is 0 Å². The summed E-state index contributed by atoms with van der Waals surface area (Å²) in [5.41, 5.74) is 1.85. The molecule has 0 aliphatic rings. The van der Waals surface area contributed by atoms with Gasteiger partial charge in [-0.05, 0) is 12.5 Å². The van der Waals surface area contributed by atoms with E-state index in [0.717, 1.165) is 11.1 Å². The van der Waals surface area contributed by atoms with Gasteiger partial charge in [-0.15, -0.1) is 0 Å². The highest BCUT2D eigenvalue weighted by atomic mass is 35.7. The standard InChI is InChI=1S/C10H12ClFO2S/c1-8-2-4-9(5-3-8)6-10(12)7-15(11,13)14/h2-5,10H,6-7H2,1H3. The number of rotatable bonds is 4. The van der Waals surface area contributed by atoms with Gasteiger partial charge in [0.15, 0.2) is 0 Å². The molecule has 2 nitrogen and oxygen atoms in total. The van der Waals surface area contributed by atoms with Crippen molar-refractivity contribution in [2.24, 2.45) is 0 Å². The van der Waals surface area contributed by atoms with Crippen molar-refractivity contribution in [2.45, 2.75) is 19.5 Å². The highest BCUT2D eigenvalue weighted by molar-refractivity contribution is 8.13. The Morgan fingerprint density at radius 2 is 1.87 bits per heavy atom. The van der Waals surface area contributed by atoms with Crippen LogP contribution in [0.5, 0.6) is 0 Å². The molecule has 0 spiro atoms. The quantitative estimate of drug-likeness (QED) is 0.770. The van der Waals surface area contributed by atoms with Gasteiger partial charge in [0.05, 0.1) is 5.75 Å². The first-order valence-electron chi connectivity index (χ1n) is 4.49. The van der Waals surface area contributed by atoms with E-state index in [9.17, 15) is 12.8 Å². The van der Waals surface area contributed by atoms with Crippen molar-refractivity contribution in [3.63, 3.8) is 0 Å². The van der Waals surface area contributed by atoms with Crippen LogP contribution in [0.3, 0.4) is 0 Å². The largest absolute Gasteiger partial charge is 0.246 e. The molecule has 84 valence electrons. The lowest BCUT2D eigenvalue weighted by Gasteiger charge is -2.06. The maximum absolute atomic E-state index is 13.2. The van der Waals surface area contributed by atoms with E-state index in [-0.39, 0.29) is 6.42 Å². The van der Waals surface area contributed by atoms with Gasteiger partial charge in [0, 0.05) is 17.1 Å². The maximum Gasteiger partial charge on any atom is 0.235 e. The fraction of sp³-hybridized carbons (Fsp3) is 0.400. The minimum atomic E-state index is -3.75. The third-order valence-corrected chi connectivity index (χ3v) is 3.10. The Bertz CT molecular complexity index is 414. The Hall–Kier alpha value is -0.610. The van der Waals surface area contributed by atoms with E-state index in [4.69, 9.17) is 10.7 Å². The summed E-state index contributed by atoms with van der Waals surface area (Å²) in [7, 11) is 1.20. The maximum atomic E-state index is 13.2. The summed E-state index contributed by atoms with van der Waals surface area (Å²) in [5, 5.41) is 0. The highest BCUT2D eigenvalue weighted by Crippen LogP contribution is 2.11. The predicted molar refractivity (Wildman–Crippen MR) is 59.4 cm³/mol. The van der Waals surface area contributed by atoms with E-state index < -0.39 is 21.0 Å². The molecule has 1 unspecified atom stereocenters. The van der Waals surface area contributed by atoms with Crippen LogP contribution in [0.1, 0.15) is 11.1 Å². The van der Waals surface area contributed by atoms with E-state index in [1.54, 1.807) is 12.1 Å². The van der Waals surface area contributed by atoms with Gasteiger partial charge in [-0.3, -0.25) is 0 Å². The van der Waals surface area contributed by atoms with Gasteiger partial charge in [-0.2, -0.15) is 0 Å². The van der Waals surface area contributed by atoms with Gasteiger partial charge in [-0.25, -0.2) is 12.8 Å². The Balaban J connectivity index is 2.59. The molecule has 0 amide bonds. The Kier molecular flexibility index (Phi) is 4.11. The molecule has 0 radical (unpaired) electrons. The molecule has 0 aliphatic carbocycles. The van der Waals surface area contributed by atoms with Crippen molar-refractivity contribution >= 4 is 19.7 Å². The molecular formula is C10H12ClFO2S. The first-order chi connectivity index (χ1) is 6.87. The second-order valence-corrected chi connectivity index (χ2v) is 6.31. The molecule has 1 rings (SSSR count). The summed E-state index contributed by atoms with van der Waals surface area (Å²) < 4.78 is 34.4. The van der Waals surface area contributed by atoms with Gasteiger partial charge < -0.3 is 0 Å². The first kappa shape index (κ1) is 12.5. The average molecular weight is 251 g/mol. The second-order valence-electron chi connectivity index (χ2n) is 3.49. The van der Waals surface area contributed by atoms with Crippen molar-refractivity contribution in [1.82, 2.24) is 0 Å². The first-order valence-corrected chi connectivity index (χ1v) is 6.96. The molecule has 15 heavy (non-hydrogen) atoms. The van der Waals surface area contributed by atoms with E-state index in [1.807, 2.05) is 19.1 Å². The van der Waals surface area contributed by atoms with Crippen molar-refractivity contribution < 1.29 is 12.8 Å². The zero-order chi connectivity index (χ0) is 11.5. The Morgan fingerprint density at radius 1 is 1.33 bits per heavy atom. The zero-order valence-electron chi connectivity index (χ0n) is 8.28. The van der Waals surface area contributed by atoms with Crippen LogP contribution in [-0.2, 0) is 15.5 Å². The normalized spacial score (nSPS) is 13.8. The van der Waals surface area contributed by atoms with Crippen LogP contribution in [0, 0.1) is 6.92 Å². The lowest BCUT2D eigenvalue weighted by atomic mass is 10.1. The number of aryl methyl sites for hydroxylation is 1. The highest BCUT2D eigenvalue weighted by Gasteiger charge is 2.16. The van der Waals surface area contributed by atoms with Gasteiger partial charge in [0.2, 0.25) is 9.05 Å². The fourth-order valence-corrected chi connectivity index (χ4v) is 2.21. The molecule has 1 aromatic rings. The molecule has 0 heterocycles. The van der Waals surface area contributed by atoms with Crippen LogP contribution in [0.4, 0.5) is 4.39 Å². The number of alkyl halides is 1. The molecule has 0 saturated heterocycles. The minimum Gasteiger partial charge on any atom is -0.246 e.